The zero-order valence-corrected chi connectivity index (χ0v) is 13.4. The van der Waals surface area contributed by atoms with Gasteiger partial charge in [0.05, 0.1) is 18.4 Å². The second-order valence-corrected chi connectivity index (χ2v) is 6.70. The molecule has 2 fully saturated rings. The molecule has 5 nitrogen and oxygen atoms in total. The van der Waals surface area contributed by atoms with Crippen molar-refractivity contribution >= 4 is 11.9 Å². The summed E-state index contributed by atoms with van der Waals surface area (Å²) in [5, 5.41) is 12.0. The molecule has 0 atom stereocenters. The molecule has 0 saturated heterocycles. The molecule has 0 bridgehead atoms. The molecule has 0 aromatic heterocycles. The van der Waals surface area contributed by atoms with Gasteiger partial charge in [0.1, 0.15) is 5.75 Å². The SMILES string of the molecule is COc1cccc(C2(C(=O)NC3CC(C(=O)O)C3)CCCC2)c1. The number of methoxy groups -OCH3 is 1. The molecule has 2 aliphatic rings. The number of aliphatic carboxylic acids is 1. The van der Waals surface area contributed by atoms with Gasteiger partial charge in [-0.15, -0.1) is 0 Å². The molecule has 5 heteroatoms. The highest BCUT2D eigenvalue weighted by molar-refractivity contribution is 5.89. The summed E-state index contributed by atoms with van der Waals surface area (Å²) in [4.78, 5) is 23.8. The van der Waals surface area contributed by atoms with Gasteiger partial charge in [-0.2, -0.15) is 0 Å². The lowest BCUT2D eigenvalue weighted by atomic mass is 9.75. The van der Waals surface area contributed by atoms with Crippen molar-refractivity contribution in [3.05, 3.63) is 29.8 Å². The molecule has 2 saturated carbocycles. The van der Waals surface area contributed by atoms with Crippen LogP contribution in [-0.4, -0.2) is 30.1 Å². The second-order valence-electron chi connectivity index (χ2n) is 6.70. The minimum atomic E-state index is -0.765. The maximum absolute atomic E-state index is 12.9. The predicted octanol–water partition coefficient (Wildman–Crippen LogP) is 2.49. The standard InChI is InChI=1S/C18H23NO4/c1-23-15-6-4-5-13(11-15)18(7-2-3-8-18)17(22)19-14-9-12(10-14)16(20)21/h4-6,11-12,14H,2-3,7-10H2,1H3,(H,19,22)(H,20,21). The molecule has 2 N–H and O–H groups in total. The lowest BCUT2D eigenvalue weighted by Gasteiger charge is -2.37. The Kier molecular flexibility index (Phi) is 4.28. The summed E-state index contributed by atoms with van der Waals surface area (Å²) in [5.74, 6) is -0.274. The fraction of sp³-hybridized carbons (Fsp3) is 0.556. The first-order chi connectivity index (χ1) is 11.0. The van der Waals surface area contributed by atoms with Gasteiger partial charge in [0.15, 0.2) is 0 Å². The number of rotatable bonds is 5. The van der Waals surface area contributed by atoms with Crippen LogP contribution in [0.15, 0.2) is 24.3 Å². The second kappa shape index (κ2) is 6.22. The molecule has 0 heterocycles. The smallest absolute Gasteiger partial charge is 0.306 e. The van der Waals surface area contributed by atoms with Gasteiger partial charge < -0.3 is 15.2 Å². The Bertz CT molecular complexity index is 601. The van der Waals surface area contributed by atoms with Crippen LogP contribution in [-0.2, 0) is 15.0 Å². The van der Waals surface area contributed by atoms with Crippen LogP contribution in [0.1, 0.15) is 44.1 Å². The molecule has 0 radical (unpaired) electrons. The van der Waals surface area contributed by atoms with E-state index in [0.717, 1.165) is 37.0 Å². The van der Waals surface area contributed by atoms with E-state index in [1.165, 1.54) is 0 Å². The number of nitrogens with one attached hydrogen (secondary N) is 1. The summed E-state index contributed by atoms with van der Waals surface area (Å²) in [6, 6.07) is 7.74. The zero-order valence-electron chi connectivity index (χ0n) is 13.4. The third kappa shape index (κ3) is 2.92. The van der Waals surface area contributed by atoms with E-state index in [0.29, 0.717) is 12.8 Å². The number of hydrogen-bond donors (Lipinski definition) is 2. The van der Waals surface area contributed by atoms with Crippen molar-refractivity contribution in [1.82, 2.24) is 5.32 Å². The normalized spacial score (nSPS) is 25.4. The maximum Gasteiger partial charge on any atom is 0.306 e. The quantitative estimate of drug-likeness (QED) is 0.875. The molecule has 23 heavy (non-hydrogen) atoms. The van der Waals surface area contributed by atoms with Gasteiger partial charge in [0, 0.05) is 6.04 Å². The Morgan fingerprint density at radius 1 is 1.26 bits per heavy atom. The van der Waals surface area contributed by atoms with Crippen LogP contribution in [0.25, 0.3) is 0 Å². The van der Waals surface area contributed by atoms with Gasteiger partial charge in [-0.05, 0) is 43.4 Å². The van der Waals surface area contributed by atoms with E-state index in [2.05, 4.69) is 5.32 Å². The van der Waals surface area contributed by atoms with Gasteiger partial charge in [-0.25, -0.2) is 0 Å². The third-order valence-electron chi connectivity index (χ3n) is 5.34. The van der Waals surface area contributed by atoms with Gasteiger partial charge in [0.25, 0.3) is 0 Å². The molecule has 0 unspecified atom stereocenters. The molecule has 1 aromatic rings. The molecule has 1 aromatic carbocycles. The number of benzene rings is 1. The minimum absolute atomic E-state index is 0.00770. The van der Waals surface area contributed by atoms with Gasteiger partial charge in [-0.1, -0.05) is 25.0 Å². The number of carboxylic acids is 1. The zero-order chi connectivity index (χ0) is 16.4. The number of ether oxygens (including phenoxy) is 1. The van der Waals surface area contributed by atoms with E-state index in [4.69, 9.17) is 9.84 Å². The molecular formula is C18H23NO4. The minimum Gasteiger partial charge on any atom is -0.497 e. The summed E-state index contributed by atoms with van der Waals surface area (Å²) >= 11 is 0. The summed E-state index contributed by atoms with van der Waals surface area (Å²) in [5.41, 5.74) is 0.504. The van der Waals surface area contributed by atoms with Crippen LogP contribution in [0.2, 0.25) is 0 Å². The summed E-state index contributed by atoms with van der Waals surface area (Å²) in [6.45, 7) is 0. The summed E-state index contributed by atoms with van der Waals surface area (Å²) < 4.78 is 5.30. The number of carboxylic acid groups (broad SMARTS) is 1. The van der Waals surface area contributed by atoms with Crippen molar-refractivity contribution in [2.24, 2.45) is 5.92 Å². The van der Waals surface area contributed by atoms with Crippen molar-refractivity contribution in [3.8, 4) is 5.75 Å². The first-order valence-corrected chi connectivity index (χ1v) is 8.23. The molecule has 3 rings (SSSR count). The molecule has 0 aliphatic heterocycles. The highest BCUT2D eigenvalue weighted by Crippen LogP contribution is 2.43. The molecule has 124 valence electrons. The molecule has 0 spiro atoms. The number of carbonyl (C=O) groups excluding carboxylic acids is 1. The van der Waals surface area contributed by atoms with Crippen LogP contribution >= 0.6 is 0 Å². The summed E-state index contributed by atoms with van der Waals surface area (Å²) in [7, 11) is 1.63. The fourth-order valence-corrected chi connectivity index (χ4v) is 3.81. The fourth-order valence-electron chi connectivity index (χ4n) is 3.81. The topological polar surface area (TPSA) is 75.6 Å². The molecular weight excluding hydrogens is 294 g/mol. The van der Waals surface area contributed by atoms with Crippen LogP contribution in [0.3, 0.4) is 0 Å². The number of amides is 1. The lowest BCUT2D eigenvalue weighted by Crippen LogP contribution is -2.52. The van der Waals surface area contributed by atoms with Crippen LogP contribution in [0.4, 0.5) is 0 Å². The van der Waals surface area contributed by atoms with E-state index in [-0.39, 0.29) is 17.9 Å². The van der Waals surface area contributed by atoms with Crippen LogP contribution < -0.4 is 10.1 Å². The number of hydrogen-bond acceptors (Lipinski definition) is 3. The molecule has 2 aliphatic carbocycles. The van der Waals surface area contributed by atoms with Crippen molar-refractivity contribution < 1.29 is 19.4 Å². The lowest BCUT2D eigenvalue weighted by molar-refractivity contribution is -0.146. The average molecular weight is 317 g/mol. The van der Waals surface area contributed by atoms with Crippen LogP contribution in [0.5, 0.6) is 5.75 Å². The summed E-state index contributed by atoms with van der Waals surface area (Å²) in [6.07, 6.45) is 4.81. The first kappa shape index (κ1) is 15.8. The van der Waals surface area contributed by atoms with Crippen molar-refractivity contribution in [2.45, 2.75) is 50.0 Å². The monoisotopic (exact) mass is 317 g/mol. The maximum atomic E-state index is 12.9. The van der Waals surface area contributed by atoms with Crippen molar-refractivity contribution in [2.75, 3.05) is 7.11 Å². The molecule has 1 amide bonds. The highest BCUT2D eigenvalue weighted by atomic mass is 16.5. The van der Waals surface area contributed by atoms with E-state index in [1.54, 1.807) is 7.11 Å². The average Bonchev–Trinajstić information content (AvgIpc) is 3.01. The largest absolute Gasteiger partial charge is 0.497 e. The van der Waals surface area contributed by atoms with Crippen LogP contribution in [0, 0.1) is 5.92 Å². The Morgan fingerprint density at radius 3 is 2.57 bits per heavy atom. The highest BCUT2D eigenvalue weighted by Gasteiger charge is 2.45. The Morgan fingerprint density at radius 2 is 1.96 bits per heavy atom. The van der Waals surface area contributed by atoms with E-state index >= 15 is 0 Å². The van der Waals surface area contributed by atoms with E-state index < -0.39 is 11.4 Å². The third-order valence-corrected chi connectivity index (χ3v) is 5.34. The Balaban J connectivity index is 1.75. The van der Waals surface area contributed by atoms with Crippen molar-refractivity contribution in [1.29, 1.82) is 0 Å². The van der Waals surface area contributed by atoms with E-state index in [9.17, 15) is 9.59 Å². The van der Waals surface area contributed by atoms with Crippen molar-refractivity contribution in [3.63, 3.8) is 0 Å². The van der Waals surface area contributed by atoms with E-state index in [1.807, 2.05) is 24.3 Å². The van der Waals surface area contributed by atoms with Gasteiger partial charge in [0.2, 0.25) is 5.91 Å². The number of carbonyl (C=O) groups is 2. The Labute approximate surface area is 136 Å². The Hall–Kier alpha value is -2.04. The van der Waals surface area contributed by atoms with Gasteiger partial charge in [-0.3, -0.25) is 9.59 Å². The predicted molar refractivity (Wildman–Crippen MR) is 85.4 cm³/mol. The van der Waals surface area contributed by atoms with Gasteiger partial charge >= 0.3 is 5.97 Å². The first-order valence-electron chi connectivity index (χ1n) is 8.23.